The van der Waals surface area contributed by atoms with Crippen LogP contribution >= 0.6 is 0 Å². The topological polar surface area (TPSA) is 38.8 Å². The zero-order chi connectivity index (χ0) is 10.1. The summed E-state index contributed by atoms with van der Waals surface area (Å²) in [5, 5.41) is 1.10. The van der Waals surface area contributed by atoms with Crippen molar-refractivity contribution in [2.45, 2.75) is 44.9 Å². The van der Waals surface area contributed by atoms with Crippen LogP contribution in [0.25, 0.3) is 0 Å². The number of hydrogen-bond donors (Lipinski definition) is 0. The maximum Gasteiger partial charge on any atom is 0.340 e. The Labute approximate surface area is 85.0 Å². The second-order valence-electron chi connectivity index (χ2n) is 3.56. The number of nitrogens with zero attached hydrogens (tertiary/aromatic N) is 1. The first-order valence-corrected chi connectivity index (χ1v) is 5.38. The highest BCUT2D eigenvalue weighted by molar-refractivity contribution is 5.45. The molecule has 0 spiro atoms. The van der Waals surface area contributed by atoms with Crippen LogP contribution in [0.5, 0.6) is 0 Å². The highest BCUT2D eigenvalue weighted by Gasteiger charge is 2.05. The monoisotopic (exact) mass is 200 g/mol. The lowest BCUT2D eigenvalue weighted by Crippen LogP contribution is -2.24. The van der Waals surface area contributed by atoms with Crippen molar-refractivity contribution in [3.05, 3.63) is 0 Å². The van der Waals surface area contributed by atoms with Gasteiger partial charge in [-0.3, -0.25) is 4.79 Å². The van der Waals surface area contributed by atoms with Gasteiger partial charge < -0.3 is 0 Å². The molecule has 81 valence electrons. The molecule has 4 heteroatoms. The number of amides is 1. The minimum atomic E-state index is 0.554. The van der Waals surface area contributed by atoms with Crippen molar-refractivity contribution in [2.75, 3.05) is 13.2 Å². The molecule has 1 fully saturated rings. The van der Waals surface area contributed by atoms with Gasteiger partial charge in [0.25, 0.3) is 0 Å². The first-order chi connectivity index (χ1) is 6.93. The van der Waals surface area contributed by atoms with E-state index in [4.69, 9.17) is 9.88 Å². The van der Waals surface area contributed by atoms with Gasteiger partial charge in [0.05, 0.1) is 13.2 Å². The summed E-state index contributed by atoms with van der Waals surface area (Å²) in [5.41, 5.74) is 0. The average molecular weight is 200 g/mol. The molecule has 4 nitrogen and oxygen atoms in total. The Morgan fingerprint density at radius 1 is 0.929 bits per heavy atom. The molecular formula is C10H18NO3. The molecule has 14 heavy (non-hydrogen) atoms. The molecule has 1 saturated heterocycles. The Hall–Kier alpha value is -0.610. The van der Waals surface area contributed by atoms with E-state index < -0.39 is 0 Å². The third kappa shape index (κ3) is 5.19. The summed E-state index contributed by atoms with van der Waals surface area (Å²) in [6.07, 6.45) is 9.75. The molecule has 1 amide bonds. The summed E-state index contributed by atoms with van der Waals surface area (Å²) in [6.45, 7) is 1.13. The molecule has 1 aliphatic heterocycles. The van der Waals surface area contributed by atoms with Gasteiger partial charge >= 0.3 is 6.41 Å². The van der Waals surface area contributed by atoms with E-state index in [-0.39, 0.29) is 0 Å². The molecule has 1 rings (SSSR count). The lowest BCUT2D eigenvalue weighted by Gasteiger charge is -2.14. The predicted molar refractivity (Wildman–Crippen MR) is 51.8 cm³/mol. The molecular weight excluding hydrogens is 182 g/mol. The quantitative estimate of drug-likeness (QED) is 0.607. The van der Waals surface area contributed by atoms with Gasteiger partial charge in [0, 0.05) is 0 Å². The van der Waals surface area contributed by atoms with Crippen molar-refractivity contribution >= 4 is 6.41 Å². The summed E-state index contributed by atoms with van der Waals surface area (Å²) in [7, 11) is 0. The van der Waals surface area contributed by atoms with Gasteiger partial charge in [-0.05, 0) is 12.8 Å². The fourth-order valence-corrected chi connectivity index (χ4v) is 1.50. The van der Waals surface area contributed by atoms with Crippen LogP contribution in [-0.2, 0) is 14.7 Å². The molecule has 0 N–H and O–H groups in total. The predicted octanol–water partition coefficient (Wildman–Crippen LogP) is 1.96. The average Bonchev–Trinajstić information content (AvgIpc) is 2.19. The summed E-state index contributed by atoms with van der Waals surface area (Å²) < 4.78 is 0. The van der Waals surface area contributed by atoms with Crippen molar-refractivity contribution in [2.24, 2.45) is 0 Å². The van der Waals surface area contributed by atoms with Gasteiger partial charge in [-0.25, -0.2) is 4.89 Å². The van der Waals surface area contributed by atoms with Crippen LogP contribution in [0.3, 0.4) is 0 Å². The number of hydrogen-bond acceptors (Lipinski definition) is 3. The Bertz CT molecular complexity index is 140. The maximum atomic E-state index is 10.4. The molecule has 0 atom stereocenters. The summed E-state index contributed by atoms with van der Waals surface area (Å²) in [4.78, 5) is 20.0. The SMILES string of the molecule is O=[C]N1CCCCCCCCCOO1. The normalized spacial score (nSPS) is 22.1. The van der Waals surface area contributed by atoms with E-state index >= 15 is 0 Å². The number of hydroxylamine groups is 2. The number of carbonyl (C=O) groups excluding carboxylic acids is 1. The lowest BCUT2D eigenvalue weighted by atomic mass is 10.1. The van der Waals surface area contributed by atoms with E-state index in [2.05, 4.69) is 0 Å². The fraction of sp³-hybridized carbons (Fsp3) is 0.900. The molecule has 0 aliphatic carbocycles. The second-order valence-corrected chi connectivity index (χ2v) is 3.56. The number of rotatable bonds is 1. The lowest BCUT2D eigenvalue weighted by molar-refractivity contribution is -0.401. The van der Waals surface area contributed by atoms with E-state index in [0.29, 0.717) is 13.2 Å². The molecule has 0 unspecified atom stereocenters. The highest BCUT2D eigenvalue weighted by Crippen LogP contribution is 2.09. The van der Waals surface area contributed by atoms with Gasteiger partial charge in [0.15, 0.2) is 0 Å². The first-order valence-electron chi connectivity index (χ1n) is 5.38. The highest BCUT2D eigenvalue weighted by atomic mass is 17.3. The largest absolute Gasteiger partial charge is 0.340 e. The first kappa shape index (κ1) is 11.5. The Kier molecular flexibility index (Phi) is 6.36. The van der Waals surface area contributed by atoms with Crippen molar-refractivity contribution < 1.29 is 14.7 Å². The van der Waals surface area contributed by atoms with Crippen LogP contribution in [0.2, 0.25) is 0 Å². The van der Waals surface area contributed by atoms with Gasteiger partial charge in [-0.2, -0.15) is 5.06 Å². The van der Waals surface area contributed by atoms with Crippen LogP contribution < -0.4 is 0 Å². The molecule has 0 aromatic rings. The van der Waals surface area contributed by atoms with E-state index in [0.717, 1.165) is 24.3 Å². The molecule has 0 bridgehead atoms. The smallest absolute Gasteiger partial charge is 0.261 e. The standard InChI is InChI=1S/C10H18NO3/c12-10-11-8-6-4-2-1-3-5-7-9-13-14-11/h1-9H2. The van der Waals surface area contributed by atoms with Crippen LogP contribution in [0, 0.1) is 0 Å². The van der Waals surface area contributed by atoms with Crippen molar-refractivity contribution in [1.82, 2.24) is 5.06 Å². The summed E-state index contributed by atoms with van der Waals surface area (Å²) in [5.74, 6) is 0. The molecule has 0 saturated carbocycles. The van der Waals surface area contributed by atoms with Gasteiger partial charge in [-0.15, -0.1) is 4.99 Å². The third-order valence-electron chi connectivity index (χ3n) is 2.33. The minimum Gasteiger partial charge on any atom is -0.261 e. The van der Waals surface area contributed by atoms with Gasteiger partial charge in [0.2, 0.25) is 0 Å². The Morgan fingerprint density at radius 3 is 2.29 bits per heavy atom. The van der Waals surface area contributed by atoms with Crippen molar-refractivity contribution in [3.8, 4) is 0 Å². The van der Waals surface area contributed by atoms with Crippen LogP contribution in [0.4, 0.5) is 0 Å². The van der Waals surface area contributed by atoms with Gasteiger partial charge in [-0.1, -0.05) is 32.1 Å². The van der Waals surface area contributed by atoms with Crippen molar-refractivity contribution in [1.29, 1.82) is 0 Å². The van der Waals surface area contributed by atoms with Crippen LogP contribution in [0.1, 0.15) is 44.9 Å². The van der Waals surface area contributed by atoms with E-state index in [9.17, 15) is 4.79 Å². The summed E-state index contributed by atoms with van der Waals surface area (Å²) >= 11 is 0. The summed E-state index contributed by atoms with van der Waals surface area (Å²) in [6, 6.07) is 0. The zero-order valence-corrected chi connectivity index (χ0v) is 8.54. The van der Waals surface area contributed by atoms with Crippen molar-refractivity contribution in [3.63, 3.8) is 0 Å². The Balaban J connectivity index is 2.20. The van der Waals surface area contributed by atoms with E-state index in [1.54, 1.807) is 6.41 Å². The third-order valence-corrected chi connectivity index (χ3v) is 2.33. The zero-order valence-electron chi connectivity index (χ0n) is 8.54. The van der Waals surface area contributed by atoms with Crippen LogP contribution in [-0.4, -0.2) is 24.6 Å². The van der Waals surface area contributed by atoms with Crippen LogP contribution in [0.15, 0.2) is 0 Å². The maximum absolute atomic E-state index is 10.4. The molecule has 0 aromatic carbocycles. The fourth-order valence-electron chi connectivity index (χ4n) is 1.50. The second kappa shape index (κ2) is 7.76. The molecule has 1 aliphatic rings. The molecule has 0 aromatic heterocycles. The van der Waals surface area contributed by atoms with Gasteiger partial charge in [0.1, 0.15) is 0 Å². The van der Waals surface area contributed by atoms with E-state index in [1.807, 2.05) is 0 Å². The minimum absolute atomic E-state index is 0.554. The molecule has 1 radical (unpaired) electrons. The molecule has 1 heterocycles. The Morgan fingerprint density at radius 2 is 1.57 bits per heavy atom. The van der Waals surface area contributed by atoms with E-state index in [1.165, 1.54) is 25.7 Å².